The molecule has 77 heavy (non-hydrogen) atoms. The van der Waals surface area contributed by atoms with Crippen LogP contribution < -0.4 is 15.4 Å². The Balaban J connectivity index is 0.862. The van der Waals surface area contributed by atoms with Crippen molar-refractivity contribution in [3.8, 4) is 17.9 Å². The molecule has 4 fully saturated rings. The number of carbonyl (C=O) groups is 4. The molecule has 2 aromatic carbocycles. The lowest BCUT2D eigenvalue weighted by Crippen LogP contribution is -2.54. The number of nitrogens with zero attached hydrogens (tertiary/aromatic N) is 8. The van der Waals surface area contributed by atoms with Gasteiger partial charge in [-0.2, -0.15) is 10.5 Å². The van der Waals surface area contributed by atoms with Gasteiger partial charge in [-0.05, 0) is 176 Å². The molecule has 400 valence electrons. The van der Waals surface area contributed by atoms with Gasteiger partial charge in [0.1, 0.15) is 35.0 Å². The Morgan fingerprint density at radius 2 is 1.25 bits per heavy atom. The molecule has 2 aliphatic carbocycles. The molecule has 6 aromatic rings. The first-order chi connectivity index (χ1) is 36.8. The van der Waals surface area contributed by atoms with Crippen molar-refractivity contribution in [2.75, 3.05) is 30.8 Å². The number of carbonyl (C=O) groups excluding carboxylic acids is 4. The number of rotatable bonds is 11. The van der Waals surface area contributed by atoms with Gasteiger partial charge in [0.25, 0.3) is 11.8 Å². The Morgan fingerprint density at radius 1 is 0.714 bits per heavy atom. The van der Waals surface area contributed by atoms with Crippen molar-refractivity contribution < 1.29 is 28.3 Å². The molecule has 2 saturated carbocycles. The maximum Gasteiger partial charge on any atom is 0.255 e. The van der Waals surface area contributed by atoms with Crippen LogP contribution in [0.25, 0.3) is 22.1 Å². The summed E-state index contributed by atoms with van der Waals surface area (Å²) in [5, 5.41) is 27.1. The fraction of sp³-hybridized carbons (Fsp3) is 0.475. The number of methoxy groups -OCH3 is 1. The first-order valence-electron chi connectivity index (χ1n) is 27.3. The number of benzene rings is 2. The number of anilines is 2. The van der Waals surface area contributed by atoms with Crippen LogP contribution in [0.2, 0.25) is 0 Å². The Hall–Kier alpha value is -7.59. The van der Waals surface area contributed by atoms with Crippen LogP contribution in [-0.4, -0.2) is 83.8 Å². The van der Waals surface area contributed by atoms with Gasteiger partial charge in [0.2, 0.25) is 11.8 Å². The minimum Gasteiger partial charge on any atom is -0.495 e. The average molecular weight is 1040 g/mol. The number of nitrogens with one attached hydrogen (secondary N) is 2. The molecular formula is C61H69FN10O5. The van der Waals surface area contributed by atoms with Crippen molar-refractivity contribution in [2.45, 2.75) is 142 Å². The Kier molecular flexibility index (Phi) is 14.2. The zero-order valence-corrected chi connectivity index (χ0v) is 45.6. The van der Waals surface area contributed by atoms with E-state index in [4.69, 9.17) is 14.7 Å². The van der Waals surface area contributed by atoms with E-state index < -0.39 is 17.3 Å². The minimum atomic E-state index is -0.683. The molecular weight excluding hydrogens is 972 g/mol. The lowest BCUT2D eigenvalue weighted by molar-refractivity contribution is -0.144. The SMILES string of the molecule is COc1ccc(C(=O)Nc2cnc3c(c([C@@H]4CCN(C(=O)C5CCCC5)C(C)(C)C4)cn3CC3CCC(C(=O)N4CC[C@@H](c5cn(C)c6ncc(NC(=O)c7ccc(F)c(C#N)c7)c(C)c56)CC4(C)C)C3)c2C)cc1C#N. The molecule has 2 saturated heterocycles. The molecule has 0 spiro atoms. The van der Waals surface area contributed by atoms with Crippen LogP contribution in [0.1, 0.15) is 164 Å². The number of fused-ring (bicyclic) bond motifs is 2. The zero-order valence-electron chi connectivity index (χ0n) is 45.6. The van der Waals surface area contributed by atoms with E-state index in [0.717, 1.165) is 121 Å². The van der Waals surface area contributed by atoms with Crippen molar-refractivity contribution in [3.63, 3.8) is 0 Å². The third-order valence-corrected chi connectivity index (χ3v) is 17.7. The zero-order chi connectivity index (χ0) is 54.7. The molecule has 10 rings (SSSR count). The standard InChI is InChI=1S/C61H69FN10O5/c1-35-49(67-56(73)39-15-17-48(62)44(24-39)28-63)30-65-54-52(35)46(33-69(54)7)42-19-22-72(61(5,6)26-42)59(76)41-14-13-37(23-41)32-70-34-47(43-20-21-71(60(3,4)27-43)58(75)38-11-9-10-12-38)53-36(2)50(31-66-55(53)70)68-57(74)40-16-18-51(77-8)45(25-40)29-64/h15-18,24-25,30-31,33-34,37-38,41-43H,9-14,19-23,26-27,32H2,1-8H3,(H,67,73)(H,68,74)/t37?,41?,42-,43-/m1/s1. The van der Waals surface area contributed by atoms with Crippen LogP contribution in [0.5, 0.6) is 5.75 Å². The van der Waals surface area contributed by atoms with Gasteiger partial charge in [0, 0.05) is 83.9 Å². The number of pyridine rings is 2. The summed E-state index contributed by atoms with van der Waals surface area (Å²) in [5.74, 6) is -0.137. The third-order valence-electron chi connectivity index (χ3n) is 17.7. The van der Waals surface area contributed by atoms with Crippen molar-refractivity contribution in [1.29, 1.82) is 10.5 Å². The second-order valence-electron chi connectivity index (χ2n) is 23.5. The molecule has 16 heteroatoms. The number of ether oxygens (including phenoxy) is 1. The van der Waals surface area contributed by atoms with E-state index in [1.165, 1.54) is 25.3 Å². The Bertz CT molecular complexity index is 3440. The van der Waals surface area contributed by atoms with E-state index in [0.29, 0.717) is 42.3 Å². The number of nitriles is 2. The van der Waals surface area contributed by atoms with E-state index >= 15 is 0 Å². The van der Waals surface area contributed by atoms with Gasteiger partial charge in [0.05, 0.1) is 42.0 Å². The molecule has 0 radical (unpaired) electrons. The predicted molar refractivity (Wildman–Crippen MR) is 293 cm³/mol. The second kappa shape index (κ2) is 20.7. The molecule has 4 aromatic heterocycles. The van der Waals surface area contributed by atoms with E-state index in [1.807, 2.05) is 25.5 Å². The summed E-state index contributed by atoms with van der Waals surface area (Å²) in [5.41, 5.74) is 6.55. The number of aromatic nitrogens is 4. The van der Waals surface area contributed by atoms with Crippen LogP contribution in [0, 0.1) is 60.1 Å². The van der Waals surface area contributed by atoms with Gasteiger partial charge in [-0.25, -0.2) is 14.4 Å². The van der Waals surface area contributed by atoms with Crippen molar-refractivity contribution in [3.05, 3.63) is 112 Å². The number of halogens is 1. The summed E-state index contributed by atoms with van der Waals surface area (Å²) < 4.78 is 23.7. The summed E-state index contributed by atoms with van der Waals surface area (Å²) >= 11 is 0. The van der Waals surface area contributed by atoms with Crippen LogP contribution >= 0.6 is 0 Å². The predicted octanol–water partition coefficient (Wildman–Crippen LogP) is 11.2. The molecule has 4 amide bonds. The fourth-order valence-corrected chi connectivity index (χ4v) is 13.6. The summed E-state index contributed by atoms with van der Waals surface area (Å²) in [6.07, 6.45) is 17.5. The smallest absolute Gasteiger partial charge is 0.255 e. The van der Waals surface area contributed by atoms with E-state index in [2.05, 4.69) is 71.2 Å². The minimum absolute atomic E-state index is 0.106. The highest BCUT2D eigenvalue weighted by Crippen LogP contribution is 2.47. The molecule has 0 bridgehead atoms. The van der Waals surface area contributed by atoms with Crippen molar-refractivity contribution >= 4 is 57.1 Å². The third kappa shape index (κ3) is 9.92. The maximum atomic E-state index is 14.8. The normalized spacial score (nSPS) is 21.2. The number of hydrogen-bond donors (Lipinski definition) is 2. The topological polar surface area (TPSA) is 191 Å². The van der Waals surface area contributed by atoms with E-state index in [9.17, 15) is 34.1 Å². The summed E-state index contributed by atoms with van der Waals surface area (Å²) in [4.78, 5) is 69.8. The average Bonchev–Trinajstić information content (AvgIpc) is 4.32. The monoisotopic (exact) mass is 1040 g/mol. The summed E-state index contributed by atoms with van der Waals surface area (Å²) in [6, 6.07) is 12.4. The van der Waals surface area contributed by atoms with Crippen LogP contribution in [-0.2, 0) is 23.2 Å². The number of likely N-dealkylation sites (tertiary alicyclic amines) is 2. The molecule has 4 atom stereocenters. The van der Waals surface area contributed by atoms with E-state index in [-0.39, 0.29) is 69.5 Å². The number of amides is 4. The Labute approximate surface area is 449 Å². The number of piperidine rings is 2. The van der Waals surface area contributed by atoms with Gasteiger partial charge in [-0.15, -0.1) is 0 Å². The first-order valence-corrected chi connectivity index (χ1v) is 27.3. The summed E-state index contributed by atoms with van der Waals surface area (Å²) in [7, 11) is 3.46. The lowest BCUT2D eigenvalue weighted by atomic mass is 9.78. The quantitative estimate of drug-likeness (QED) is 0.127. The van der Waals surface area contributed by atoms with Gasteiger partial charge in [-0.3, -0.25) is 19.2 Å². The largest absolute Gasteiger partial charge is 0.495 e. The van der Waals surface area contributed by atoms with Gasteiger partial charge in [-0.1, -0.05) is 12.8 Å². The van der Waals surface area contributed by atoms with Crippen LogP contribution in [0.3, 0.4) is 0 Å². The van der Waals surface area contributed by atoms with Crippen LogP contribution in [0.4, 0.5) is 15.8 Å². The first kappa shape index (κ1) is 52.8. The van der Waals surface area contributed by atoms with Gasteiger partial charge in [0.15, 0.2) is 0 Å². The van der Waals surface area contributed by atoms with Gasteiger partial charge >= 0.3 is 0 Å². The molecule has 2 N–H and O–H groups in total. The fourth-order valence-electron chi connectivity index (χ4n) is 13.6. The van der Waals surface area contributed by atoms with Crippen LogP contribution in [0.15, 0.2) is 61.2 Å². The Morgan fingerprint density at radius 3 is 1.82 bits per heavy atom. The second-order valence-corrected chi connectivity index (χ2v) is 23.5. The van der Waals surface area contributed by atoms with Crippen molar-refractivity contribution in [1.82, 2.24) is 28.9 Å². The highest BCUT2D eigenvalue weighted by Gasteiger charge is 2.44. The maximum absolute atomic E-state index is 14.8. The van der Waals surface area contributed by atoms with E-state index in [1.54, 1.807) is 30.6 Å². The summed E-state index contributed by atoms with van der Waals surface area (Å²) in [6.45, 7) is 14.7. The molecule has 2 aliphatic heterocycles. The number of hydrogen-bond acceptors (Lipinski definition) is 9. The highest BCUT2D eigenvalue weighted by molar-refractivity contribution is 6.07. The van der Waals surface area contributed by atoms with Crippen molar-refractivity contribution in [2.24, 2.45) is 24.8 Å². The molecule has 15 nitrogen and oxygen atoms in total. The molecule has 2 unspecified atom stereocenters. The molecule has 6 heterocycles. The lowest BCUT2D eigenvalue weighted by Gasteiger charge is -2.47. The highest BCUT2D eigenvalue weighted by atomic mass is 19.1. The number of aryl methyl sites for hydroxylation is 3. The van der Waals surface area contributed by atoms with Gasteiger partial charge < -0.3 is 34.3 Å². The molecule has 4 aliphatic rings.